The van der Waals surface area contributed by atoms with Gasteiger partial charge in [-0.1, -0.05) is 11.8 Å². The molecule has 0 aliphatic carbocycles. The first-order chi connectivity index (χ1) is 13.7. The summed E-state index contributed by atoms with van der Waals surface area (Å²) in [4.78, 5) is 2.45. The van der Waals surface area contributed by atoms with Gasteiger partial charge in [0.25, 0.3) is 0 Å². The predicted octanol–water partition coefficient (Wildman–Crippen LogP) is 3.21. The maximum atomic E-state index is 5.82. The summed E-state index contributed by atoms with van der Waals surface area (Å²) in [6.07, 6.45) is 4.93. The molecule has 2 aliphatic heterocycles. The Balaban J connectivity index is 1.27. The first-order valence-corrected chi connectivity index (χ1v) is 11.1. The fraction of sp³-hybridized carbons (Fsp3) is 0.700. The van der Waals surface area contributed by atoms with Crippen LogP contribution in [0.2, 0.25) is 0 Å². The Morgan fingerprint density at radius 2 is 2.00 bits per heavy atom. The van der Waals surface area contributed by atoms with Gasteiger partial charge < -0.3 is 18.5 Å². The number of thioether (sulfide) groups is 1. The van der Waals surface area contributed by atoms with E-state index in [1.54, 1.807) is 18.9 Å². The van der Waals surface area contributed by atoms with Gasteiger partial charge in [-0.2, -0.15) is 0 Å². The fourth-order valence-electron chi connectivity index (χ4n) is 4.05. The maximum absolute atomic E-state index is 5.82. The van der Waals surface area contributed by atoms with Crippen molar-refractivity contribution in [3.05, 3.63) is 29.5 Å². The SMILES string of the molecule is COCc1ccc(CN2CCC(c3nnc(SC[C@@H]4CCCO4)n3C)CC2)o1. The van der Waals surface area contributed by atoms with Crippen molar-refractivity contribution in [1.82, 2.24) is 19.7 Å². The molecule has 28 heavy (non-hydrogen) atoms. The van der Waals surface area contributed by atoms with E-state index in [-0.39, 0.29) is 0 Å². The normalized spacial score (nSPS) is 21.6. The molecule has 0 amide bonds. The topological polar surface area (TPSA) is 65.6 Å². The highest BCUT2D eigenvalue weighted by Crippen LogP contribution is 2.30. The molecule has 8 heteroatoms. The Kier molecular flexibility index (Phi) is 6.72. The van der Waals surface area contributed by atoms with Crippen LogP contribution < -0.4 is 0 Å². The molecule has 1 atom stereocenters. The number of ether oxygens (including phenoxy) is 2. The van der Waals surface area contributed by atoms with E-state index in [9.17, 15) is 0 Å². The van der Waals surface area contributed by atoms with Crippen molar-refractivity contribution < 1.29 is 13.9 Å². The smallest absolute Gasteiger partial charge is 0.191 e. The second kappa shape index (κ2) is 9.43. The number of rotatable bonds is 8. The minimum absolute atomic E-state index is 0.374. The number of hydrogen-bond acceptors (Lipinski definition) is 7. The molecule has 7 nitrogen and oxygen atoms in total. The van der Waals surface area contributed by atoms with Gasteiger partial charge in [-0.15, -0.1) is 10.2 Å². The summed E-state index contributed by atoms with van der Waals surface area (Å²) in [6, 6.07) is 4.06. The third-order valence-electron chi connectivity index (χ3n) is 5.63. The van der Waals surface area contributed by atoms with Gasteiger partial charge in [-0.25, -0.2) is 0 Å². The van der Waals surface area contributed by atoms with Crippen molar-refractivity contribution in [2.75, 3.05) is 32.6 Å². The number of nitrogens with zero attached hydrogens (tertiary/aromatic N) is 4. The third kappa shape index (κ3) is 4.79. The van der Waals surface area contributed by atoms with Crippen LogP contribution >= 0.6 is 11.8 Å². The molecule has 0 unspecified atom stereocenters. The van der Waals surface area contributed by atoms with Crippen LogP contribution in [-0.2, 0) is 29.7 Å². The Hall–Kier alpha value is -1.35. The number of piperidine rings is 1. The molecule has 2 aromatic rings. The van der Waals surface area contributed by atoms with E-state index in [1.807, 2.05) is 6.07 Å². The second-order valence-electron chi connectivity index (χ2n) is 7.70. The van der Waals surface area contributed by atoms with E-state index >= 15 is 0 Å². The lowest BCUT2D eigenvalue weighted by Crippen LogP contribution is -2.33. The lowest BCUT2D eigenvalue weighted by Gasteiger charge is -2.30. The van der Waals surface area contributed by atoms with Gasteiger partial charge >= 0.3 is 0 Å². The van der Waals surface area contributed by atoms with Crippen LogP contribution in [-0.4, -0.2) is 58.3 Å². The molecule has 0 N–H and O–H groups in total. The van der Waals surface area contributed by atoms with Crippen LogP contribution in [0, 0.1) is 0 Å². The van der Waals surface area contributed by atoms with Crippen LogP contribution in [0.15, 0.2) is 21.7 Å². The van der Waals surface area contributed by atoms with Crippen molar-refractivity contribution >= 4 is 11.8 Å². The van der Waals surface area contributed by atoms with Crippen LogP contribution in [0.25, 0.3) is 0 Å². The minimum Gasteiger partial charge on any atom is -0.462 e. The van der Waals surface area contributed by atoms with Crippen molar-refractivity contribution in [1.29, 1.82) is 0 Å². The van der Waals surface area contributed by atoms with Crippen molar-refractivity contribution in [3.63, 3.8) is 0 Å². The molecule has 4 rings (SSSR count). The standard InChI is InChI=1S/C20H30N4O3S/c1-23-19(21-22-20(23)28-14-18-4-3-11-26-18)15-7-9-24(10-8-15)12-16-5-6-17(27-16)13-25-2/h5-6,15,18H,3-4,7-14H2,1-2H3/t18-/m0/s1. The van der Waals surface area contributed by atoms with E-state index in [0.717, 1.165) is 67.3 Å². The first-order valence-electron chi connectivity index (χ1n) is 10.2. The summed E-state index contributed by atoms with van der Waals surface area (Å²) in [5, 5.41) is 9.97. The Labute approximate surface area is 170 Å². The molecule has 154 valence electrons. The molecule has 2 aromatic heterocycles. The predicted molar refractivity (Wildman–Crippen MR) is 107 cm³/mol. The quantitative estimate of drug-likeness (QED) is 0.624. The van der Waals surface area contributed by atoms with Gasteiger partial charge in [-0.05, 0) is 50.9 Å². The molecule has 0 aromatic carbocycles. The van der Waals surface area contributed by atoms with Crippen molar-refractivity contribution in [2.45, 2.75) is 56.0 Å². The third-order valence-corrected chi connectivity index (χ3v) is 6.78. The van der Waals surface area contributed by atoms with Crippen LogP contribution in [0.5, 0.6) is 0 Å². The Morgan fingerprint density at radius 3 is 2.75 bits per heavy atom. The zero-order valence-corrected chi connectivity index (χ0v) is 17.6. The summed E-state index contributed by atoms with van der Waals surface area (Å²) in [6.45, 7) is 4.39. The summed E-state index contributed by atoms with van der Waals surface area (Å²) in [7, 11) is 3.78. The van der Waals surface area contributed by atoms with E-state index < -0.39 is 0 Å². The lowest BCUT2D eigenvalue weighted by atomic mass is 9.96. The molecule has 0 spiro atoms. The van der Waals surface area contributed by atoms with Gasteiger partial charge in [0.2, 0.25) is 0 Å². The minimum atomic E-state index is 0.374. The number of furan rings is 1. The molecule has 2 aliphatic rings. The zero-order chi connectivity index (χ0) is 19.3. The summed E-state index contributed by atoms with van der Waals surface area (Å²) >= 11 is 1.77. The largest absolute Gasteiger partial charge is 0.462 e. The Morgan fingerprint density at radius 1 is 1.18 bits per heavy atom. The van der Waals surface area contributed by atoms with Crippen molar-refractivity contribution in [2.24, 2.45) is 7.05 Å². The molecule has 2 saturated heterocycles. The van der Waals surface area contributed by atoms with E-state index in [0.29, 0.717) is 18.6 Å². The molecule has 4 heterocycles. The first kappa shape index (κ1) is 19.9. The number of hydrogen-bond donors (Lipinski definition) is 0. The Bertz CT molecular complexity index is 748. The summed E-state index contributed by atoms with van der Waals surface area (Å²) in [5.41, 5.74) is 0. The van der Waals surface area contributed by atoms with Gasteiger partial charge in [0.1, 0.15) is 24.0 Å². The average Bonchev–Trinajstić information content (AvgIpc) is 3.44. The van der Waals surface area contributed by atoms with Crippen LogP contribution in [0.3, 0.4) is 0 Å². The van der Waals surface area contributed by atoms with E-state index in [4.69, 9.17) is 13.9 Å². The van der Waals surface area contributed by atoms with Gasteiger partial charge in [-0.3, -0.25) is 4.90 Å². The number of methoxy groups -OCH3 is 1. The number of likely N-dealkylation sites (tertiary alicyclic amines) is 1. The van der Waals surface area contributed by atoms with E-state index in [2.05, 4.69) is 32.8 Å². The molecule has 0 radical (unpaired) electrons. The van der Waals surface area contributed by atoms with Gasteiger partial charge in [0.15, 0.2) is 5.16 Å². The van der Waals surface area contributed by atoms with Crippen LogP contribution in [0.1, 0.15) is 48.9 Å². The summed E-state index contributed by atoms with van der Waals surface area (Å²) in [5.74, 6) is 4.47. The van der Waals surface area contributed by atoms with Crippen LogP contribution in [0.4, 0.5) is 0 Å². The van der Waals surface area contributed by atoms with Gasteiger partial charge in [0.05, 0.1) is 12.6 Å². The lowest BCUT2D eigenvalue weighted by molar-refractivity contribution is 0.129. The molecule has 0 saturated carbocycles. The fourth-order valence-corrected chi connectivity index (χ4v) is 5.03. The van der Waals surface area contributed by atoms with Crippen molar-refractivity contribution in [3.8, 4) is 0 Å². The van der Waals surface area contributed by atoms with Gasteiger partial charge in [0, 0.05) is 32.4 Å². The second-order valence-corrected chi connectivity index (χ2v) is 8.68. The summed E-state index contributed by atoms with van der Waals surface area (Å²) < 4.78 is 18.8. The molecule has 0 bridgehead atoms. The molecular weight excluding hydrogens is 376 g/mol. The number of aromatic nitrogens is 3. The molecule has 2 fully saturated rings. The monoisotopic (exact) mass is 406 g/mol. The molecular formula is C20H30N4O3S. The van der Waals surface area contributed by atoms with E-state index in [1.165, 1.54) is 12.8 Å². The zero-order valence-electron chi connectivity index (χ0n) is 16.8. The maximum Gasteiger partial charge on any atom is 0.191 e. The highest BCUT2D eigenvalue weighted by Gasteiger charge is 2.26. The highest BCUT2D eigenvalue weighted by atomic mass is 32.2. The average molecular weight is 407 g/mol. The highest BCUT2D eigenvalue weighted by molar-refractivity contribution is 7.99.